The molecule has 3 aromatic carbocycles. The lowest BCUT2D eigenvalue weighted by molar-refractivity contribution is 0.397. The first-order chi connectivity index (χ1) is 64.9. The highest BCUT2D eigenvalue weighted by atomic mass is 32.1. The van der Waals surface area contributed by atoms with E-state index in [0.29, 0.717) is 0 Å². The molecule has 9 aromatic heterocycles. The van der Waals surface area contributed by atoms with Gasteiger partial charge in [0.25, 0.3) is 0 Å². The Bertz CT molecular complexity index is 5380. The van der Waals surface area contributed by atoms with Crippen LogP contribution >= 0.6 is 102 Å². The number of thiophene rings is 8. The van der Waals surface area contributed by atoms with Crippen molar-refractivity contribution >= 4 is 113 Å². The molecule has 1 unspecified atom stereocenters. The van der Waals surface area contributed by atoms with Gasteiger partial charge in [-0.1, -0.05) is 363 Å². The van der Waals surface area contributed by atoms with Crippen molar-refractivity contribution in [2.24, 2.45) is 0 Å². The predicted molar refractivity (Wildman–Crippen MR) is 602 cm³/mol. The van der Waals surface area contributed by atoms with Crippen molar-refractivity contribution in [3.8, 4) is 101 Å². The SMILES string of the molecule is CCCCCCCCCC1(CCCCCCCC)c2cc(CCCC)ccc2-c2ccc(-c3sc(-c4sc(-c5sc(-c6sc(-c7ccc(-c8cc(CCCCCC)c(-c9cc(CCCCCC)c(-c%10cc(CCCCCC)c(-c%11cc(CCCCCC)c(C)s%11)s%10)s9)s8)c8nsnc78)cc6CCCCCC)cc5CCCCCC)cc4CCCCCC)cc3CCCCCC)cc21. The van der Waals surface area contributed by atoms with E-state index < -0.39 is 0 Å². The summed E-state index contributed by atoms with van der Waals surface area (Å²) in [7, 11) is 0. The minimum Gasteiger partial charge on any atom is -0.172 e. The van der Waals surface area contributed by atoms with Gasteiger partial charge in [0, 0.05) is 94.6 Å². The van der Waals surface area contributed by atoms with E-state index in [0.717, 1.165) is 49.6 Å². The van der Waals surface area contributed by atoms with Crippen molar-refractivity contribution in [3.05, 3.63) is 163 Å². The van der Waals surface area contributed by atoms with Gasteiger partial charge in [-0.2, -0.15) is 8.75 Å². The van der Waals surface area contributed by atoms with E-state index in [2.05, 4.69) is 248 Å². The number of aryl methyl sites for hydroxylation is 10. The minimum absolute atomic E-state index is 0.0398. The van der Waals surface area contributed by atoms with Crippen LogP contribution in [0.15, 0.2) is 97.1 Å². The largest absolute Gasteiger partial charge is 0.172 e. The van der Waals surface area contributed by atoms with E-state index in [1.165, 1.54) is 448 Å². The number of unbranched alkanes of at least 4 members (excludes halogenated alkanes) is 36. The van der Waals surface area contributed by atoms with E-state index in [1.54, 1.807) is 64.7 Å². The fourth-order valence-corrected chi connectivity index (χ4v) is 32.2. The molecule has 2 nitrogen and oxygen atoms in total. The molecule has 0 spiro atoms. The molecule has 13 rings (SSSR count). The lowest BCUT2D eigenvalue weighted by Gasteiger charge is -2.33. The molecule has 1 aliphatic rings. The molecule has 0 aliphatic heterocycles. The second-order valence-electron chi connectivity index (χ2n) is 39.8. The molecule has 9 heterocycles. The molecule has 716 valence electrons. The first kappa shape index (κ1) is 104. The Labute approximate surface area is 839 Å². The third-order valence-corrected chi connectivity index (χ3v) is 40.1. The number of aromatic nitrogens is 2. The van der Waals surface area contributed by atoms with Crippen molar-refractivity contribution in [2.75, 3.05) is 0 Å². The van der Waals surface area contributed by atoms with Crippen LogP contribution in [0.3, 0.4) is 0 Å². The molecule has 1 aliphatic carbocycles. The normalized spacial score (nSPS) is 13.3. The van der Waals surface area contributed by atoms with Crippen LogP contribution < -0.4 is 0 Å². The molecular formula is C121H168N2S9. The number of hydrogen-bond acceptors (Lipinski definition) is 11. The molecule has 0 radical (unpaired) electrons. The van der Waals surface area contributed by atoms with Crippen molar-refractivity contribution in [3.63, 3.8) is 0 Å². The summed E-state index contributed by atoms with van der Waals surface area (Å²) in [6, 6.07) is 42.1. The monoisotopic (exact) mass is 1940 g/mol. The second-order valence-corrected chi connectivity index (χ2v) is 48.9. The van der Waals surface area contributed by atoms with Gasteiger partial charge in [-0.15, -0.1) is 90.7 Å². The quantitative estimate of drug-likeness (QED) is 0.0355. The van der Waals surface area contributed by atoms with E-state index >= 15 is 0 Å². The zero-order chi connectivity index (χ0) is 92.2. The van der Waals surface area contributed by atoms with Crippen molar-refractivity contribution in [2.45, 2.75) is 461 Å². The average molecular weight is 1940 g/mol. The van der Waals surface area contributed by atoms with Gasteiger partial charge >= 0.3 is 0 Å². The van der Waals surface area contributed by atoms with Gasteiger partial charge in [0.2, 0.25) is 0 Å². The zero-order valence-electron chi connectivity index (χ0n) is 84.3. The van der Waals surface area contributed by atoms with Crippen LogP contribution in [0, 0.1) is 6.92 Å². The fraction of sp³-hybridized carbons (Fsp3) is 0.587. The van der Waals surface area contributed by atoms with Crippen LogP contribution in [0.5, 0.6) is 0 Å². The first-order valence-electron chi connectivity index (χ1n) is 54.5. The van der Waals surface area contributed by atoms with Crippen LogP contribution in [0.25, 0.3) is 112 Å². The highest BCUT2D eigenvalue weighted by Gasteiger charge is 2.43. The highest BCUT2D eigenvalue weighted by Crippen LogP contribution is 2.59. The molecule has 0 saturated heterocycles. The number of benzene rings is 3. The Hall–Kier alpha value is -4.92. The smallest absolute Gasteiger partial charge is 0.114 e. The Kier molecular flexibility index (Phi) is 44.1. The average Bonchev–Trinajstić information content (AvgIpc) is 1.56. The maximum absolute atomic E-state index is 5.36. The molecule has 0 fully saturated rings. The maximum Gasteiger partial charge on any atom is 0.114 e. The summed E-state index contributed by atoms with van der Waals surface area (Å²) in [5.74, 6) is 0. The first-order valence-corrected chi connectivity index (χ1v) is 61.8. The molecule has 12 aromatic rings. The lowest BCUT2D eigenvalue weighted by atomic mass is 9.70. The molecule has 0 saturated carbocycles. The molecule has 1 atom stereocenters. The summed E-state index contributed by atoms with van der Waals surface area (Å²) < 4.78 is 10.7. The third kappa shape index (κ3) is 27.8. The Morgan fingerprint density at radius 2 is 0.462 bits per heavy atom. The van der Waals surface area contributed by atoms with Crippen LogP contribution in [0.2, 0.25) is 0 Å². The summed E-state index contributed by atoms with van der Waals surface area (Å²) in [6.45, 7) is 28.4. The fourth-order valence-electron chi connectivity index (χ4n) is 21.2. The topological polar surface area (TPSA) is 25.8 Å². The van der Waals surface area contributed by atoms with Crippen molar-refractivity contribution in [1.82, 2.24) is 8.75 Å². The second kappa shape index (κ2) is 55.8. The molecule has 11 heteroatoms. The van der Waals surface area contributed by atoms with Crippen molar-refractivity contribution < 1.29 is 0 Å². The molecular weight excluding hydrogens is 1770 g/mol. The predicted octanol–water partition coefficient (Wildman–Crippen LogP) is 44.0. The van der Waals surface area contributed by atoms with Crippen LogP contribution in [-0.4, -0.2) is 8.75 Å². The van der Waals surface area contributed by atoms with E-state index in [9.17, 15) is 0 Å². The van der Waals surface area contributed by atoms with Gasteiger partial charge < -0.3 is 0 Å². The van der Waals surface area contributed by atoms with Crippen molar-refractivity contribution in [1.29, 1.82) is 0 Å². The van der Waals surface area contributed by atoms with Gasteiger partial charge in [-0.25, -0.2) is 0 Å². The Balaban J connectivity index is 0.877. The van der Waals surface area contributed by atoms with E-state index in [4.69, 9.17) is 8.75 Å². The maximum atomic E-state index is 5.36. The summed E-state index contributed by atoms with van der Waals surface area (Å²) in [4.78, 5) is 23.8. The summed E-state index contributed by atoms with van der Waals surface area (Å²) in [5, 5.41) is 0. The number of hydrogen-bond donors (Lipinski definition) is 0. The summed E-state index contributed by atoms with van der Waals surface area (Å²) in [5.41, 5.74) is 26.6. The minimum atomic E-state index is 0.0398. The number of rotatable bonds is 67. The zero-order valence-corrected chi connectivity index (χ0v) is 91.7. The van der Waals surface area contributed by atoms with Gasteiger partial charge in [-0.05, 0) is 268 Å². The van der Waals surface area contributed by atoms with E-state index in [1.807, 2.05) is 22.7 Å². The standard InChI is InChI=1S/C121H168N2S9/c1-13-24-35-45-47-49-59-76-121(75-58-48-46-36-25-14-2)102-77-88(60-34-23-11)69-71-98(102)99-72-70-97(78-103(99)121)114-90(62-51-38-27-16-4)82-107(127-114)118-94(66-55-42-31-20-8)86-111(131-118)120-96(68-57-44-33-22-10)85-109(130-120)117-92(64-53-40-29-18-6)81-105(126-117)101-74-73-100(112-113(101)123-132-122-112)104-80-91(63-52-39-28-17-5)116(125-104)108-84-95(67-56-43-32-21-9)119(129-108)110-83-93(65-54-41-30-19-7)115(128-110)106-79-89(87(12)124-106)61-50-37-26-15-3/h69-74,77-86H,13-68,75-76H2,1-12H3. The summed E-state index contributed by atoms with van der Waals surface area (Å²) in [6.07, 6.45) is 73.6. The lowest BCUT2D eigenvalue weighted by Crippen LogP contribution is -2.26. The van der Waals surface area contributed by atoms with E-state index in [-0.39, 0.29) is 5.41 Å². The van der Waals surface area contributed by atoms with Crippen LogP contribution in [-0.2, 0) is 63.2 Å². The third-order valence-electron chi connectivity index (χ3n) is 29.0. The Morgan fingerprint density at radius 1 is 0.212 bits per heavy atom. The van der Waals surface area contributed by atoms with Crippen LogP contribution in [0.4, 0.5) is 0 Å². The van der Waals surface area contributed by atoms with Gasteiger partial charge in [0.05, 0.1) is 11.7 Å². The number of fused-ring (bicyclic) bond motifs is 4. The van der Waals surface area contributed by atoms with Gasteiger partial charge in [0.1, 0.15) is 11.0 Å². The molecule has 0 amide bonds. The van der Waals surface area contributed by atoms with Gasteiger partial charge in [0.15, 0.2) is 0 Å². The Morgan fingerprint density at radius 3 is 0.803 bits per heavy atom. The summed E-state index contributed by atoms with van der Waals surface area (Å²) >= 11 is 18.2. The van der Waals surface area contributed by atoms with Gasteiger partial charge in [-0.3, -0.25) is 0 Å². The molecule has 0 bridgehead atoms. The molecule has 0 N–H and O–H groups in total. The van der Waals surface area contributed by atoms with Crippen LogP contribution in [0.1, 0.15) is 457 Å². The highest BCUT2D eigenvalue weighted by molar-refractivity contribution is 7.30. The number of nitrogens with zero attached hydrogens (tertiary/aromatic N) is 2. The molecule has 132 heavy (non-hydrogen) atoms.